The van der Waals surface area contributed by atoms with Gasteiger partial charge in [0.05, 0.1) is 11.2 Å². The number of anilines is 1. The molecule has 0 aliphatic heterocycles. The summed E-state index contributed by atoms with van der Waals surface area (Å²) in [6.45, 7) is 8.31. The van der Waals surface area contributed by atoms with Gasteiger partial charge in [-0.3, -0.25) is 0 Å². The Morgan fingerprint density at radius 2 is 1.57 bits per heavy atom. The van der Waals surface area contributed by atoms with Gasteiger partial charge in [0.1, 0.15) is 0 Å². The number of aromatic nitrogens is 4. The summed E-state index contributed by atoms with van der Waals surface area (Å²) in [5, 5.41) is 15.9. The molecule has 0 saturated carbocycles. The second-order valence-corrected chi connectivity index (χ2v) is 6.27. The molecule has 1 aromatic heterocycles. The van der Waals surface area contributed by atoms with E-state index in [0.717, 1.165) is 22.8 Å². The molecule has 3 aromatic rings. The molecule has 0 atom stereocenters. The fourth-order valence-corrected chi connectivity index (χ4v) is 2.65. The third-order valence-electron chi connectivity index (χ3n) is 3.96. The van der Waals surface area contributed by atoms with Crippen LogP contribution in [0.3, 0.4) is 0 Å². The van der Waals surface area contributed by atoms with Crippen molar-refractivity contribution in [2.75, 3.05) is 5.32 Å². The Kier molecular flexibility index (Phi) is 3.86. The summed E-state index contributed by atoms with van der Waals surface area (Å²) in [6, 6.07) is 16.3. The van der Waals surface area contributed by atoms with Crippen LogP contribution in [0.5, 0.6) is 0 Å². The summed E-state index contributed by atoms with van der Waals surface area (Å²) in [5.74, 6) is 0.773. The molecule has 0 spiro atoms. The van der Waals surface area contributed by atoms with Crippen molar-refractivity contribution in [3.63, 3.8) is 0 Å². The van der Waals surface area contributed by atoms with Crippen molar-refractivity contribution >= 4 is 5.69 Å². The zero-order valence-corrected chi connectivity index (χ0v) is 13.9. The first-order valence-electron chi connectivity index (χ1n) is 7.68. The van der Waals surface area contributed by atoms with Gasteiger partial charge in [-0.2, -0.15) is 4.68 Å². The molecular formula is C18H21N5. The van der Waals surface area contributed by atoms with Gasteiger partial charge in [0.15, 0.2) is 5.82 Å². The van der Waals surface area contributed by atoms with E-state index in [1.165, 1.54) is 5.56 Å². The molecule has 0 radical (unpaired) electrons. The first kappa shape index (κ1) is 15.2. The second kappa shape index (κ2) is 5.83. The Morgan fingerprint density at radius 3 is 2.26 bits per heavy atom. The van der Waals surface area contributed by atoms with Crippen molar-refractivity contribution in [1.82, 2.24) is 20.2 Å². The SMILES string of the molecule is Cc1ccccc1NC(C)(C)c1nnnn1-c1ccccc1C. The number of aryl methyl sites for hydroxylation is 2. The number of para-hydroxylation sites is 2. The molecule has 0 unspecified atom stereocenters. The van der Waals surface area contributed by atoms with Gasteiger partial charge in [-0.1, -0.05) is 36.4 Å². The van der Waals surface area contributed by atoms with Crippen LogP contribution in [0.1, 0.15) is 30.8 Å². The average molecular weight is 307 g/mol. The fraction of sp³-hybridized carbons (Fsp3) is 0.278. The second-order valence-electron chi connectivity index (χ2n) is 6.27. The number of benzene rings is 2. The van der Waals surface area contributed by atoms with E-state index in [0.29, 0.717) is 0 Å². The van der Waals surface area contributed by atoms with E-state index in [4.69, 9.17) is 0 Å². The molecule has 0 aliphatic carbocycles. The highest BCUT2D eigenvalue weighted by molar-refractivity contribution is 5.53. The maximum Gasteiger partial charge on any atom is 0.181 e. The van der Waals surface area contributed by atoms with Gasteiger partial charge >= 0.3 is 0 Å². The van der Waals surface area contributed by atoms with Crippen LogP contribution in [0.15, 0.2) is 48.5 Å². The molecule has 0 bridgehead atoms. The molecule has 1 N–H and O–H groups in total. The van der Waals surface area contributed by atoms with E-state index in [-0.39, 0.29) is 0 Å². The highest BCUT2D eigenvalue weighted by Crippen LogP contribution is 2.27. The smallest absolute Gasteiger partial charge is 0.181 e. The first-order chi connectivity index (χ1) is 11.0. The van der Waals surface area contributed by atoms with Gasteiger partial charge in [-0.15, -0.1) is 5.10 Å². The van der Waals surface area contributed by atoms with E-state index in [2.05, 4.69) is 66.7 Å². The van der Waals surface area contributed by atoms with Crippen molar-refractivity contribution in [3.05, 3.63) is 65.5 Å². The highest BCUT2D eigenvalue weighted by Gasteiger charge is 2.28. The number of nitrogens with zero attached hydrogens (tertiary/aromatic N) is 4. The molecule has 1 heterocycles. The van der Waals surface area contributed by atoms with Gasteiger partial charge in [0.25, 0.3) is 0 Å². The Labute approximate surface area is 136 Å². The number of tetrazole rings is 1. The van der Waals surface area contributed by atoms with Gasteiger partial charge in [-0.05, 0) is 61.4 Å². The van der Waals surface area contributed by atoms with Crippen LogP contribution in [-0.4, -0.2) is 20.2 Å². The number of nitrogens with one attached hydrogen (secondary N) is 1. The largest absolute Gasteiger partial charge is 0.373 e. The number of rotatable bonds is 4. The van der Waals surface area contributed by atoms with Crippen LogP contribution in [0.4, 0.5) is 5.69 Å². The Balaban J connectivity index is 2.01. The van der Waals surface area contributed by atoms with Crippen LogP contribution in [0, 0.1) is 13.8 Å². The van der Waals surface area contributed by atoms with Crippen LogP contribution in [0.25, 0.3) is 5.69 Å². The summed E-state index contributed by atoms with van der Waals surface area (Å²) < 4.78 is 1.81. The third-order valence-corrected chi connectivity index (χ3v) is 3.96. The predicted octanol–water partition coefficient (Wildman–Crippen LogP) is 3.63. The lowest BCUT2D eigenvalue weighted by Gasteiger charge is -2.27. The van der Waals surface area contributed by atoms with Crippen molar-refractivity contribution in [2.45, 2.75) is 33.2 Å². The summed E-state index contributed by atoms with van der Waals surface area (Å²) in [6.07, 6.45) is 0. The van der Waals surface area contributed by atoms with Gasteiger partial charge in [0, 0.05) is 5.69 Å². The van der Waals surface area contributed by atoms with Gasteiger partial charge < -0.3 is 5.32 Å². The quantitative estimate of drug-likeness (QED) is 0.799. The van der Waals surface area contributed by atoms with Crippen molar-refractivity contribution in [3.8, 4) is 5.69 Å². The molecular weight excluding hydrogens is 286 g/mol. The normalized spacial score (nSPS) is 11.5. The molecule has 0 amide bonds. The lowest BCUT2D eigenvalue weighted by atomic mass is 10.0. The Bertz CT molecular complexity index is 820. The van der Waals surface area contributed by atoms with E-state index in [1.807, 2.05) is 30.3 Å². The fourth-order valence-electron chi connectivity index (χ4n) is 2.65. The van der Waals surface area contributed by atoms with Crippen LogP contribution >= 0.6 is 0 Å². The first-order valence-corrected chi connectivity index (χ1v) is 7.68. The molecule has 0 fully saturated rings. The van der Waals surface area contributed by atoms with Gasteiger partial charge in [0.2, 0.25) is 0 Å². The molecule has 5 heteroatoms. The Hall–Kier alpha value is -2.69. The number of hydrogen-bond donors (Lipinski definition) is 1. The summed E-state index contributed by atoms with van der Waals surface area (Å²) >= 11 is 0. The van der Waals surface area contributed by atoms with E-state index < -0.39 is 5.54 Å². The lowest BCUT2D eigenvalue weighted by Crippen LogP contribution is -2.32. The molecule has 0 aliphatic rings. The Morgan fingerprint density at radius 1 is 0.913 bits per heavy atom. The molecule has 5 nitrogen and oxygen atoms in total. The third kappa shape index (κ3) is 2.95. The van der Waals surface area contributed by atoms with E-state index in [1.54, 1.807) is 4.68 Å². The zero-order chi connectivity index (χ0) is 16.4. The standard InChI is InChI=1S/C18H21N5/c1-13-9-5-7-11-15(13)19-18(3,4)17-20-21-22-23(17)16-12-8-6-10-14(16)2/h5-12,19H,1-4H3. The maximum atomic E-state index is 4.27. The minimum absolute atomic E-state index is 0.419. The van der Waals surface area contributed by atoms with Crippen molar-refractivity contribution in [1.29, 1.82) is 0 Å². The highest BCUT2D eigenvalue weighted by atomic mass is 15.6. The maximum absolute atomic E-state index is 4.27. The van der Waals surface area contributed by atoms with E-state index in [9.17, 15) is 0 Å². The van der Waals surface area contributed by atoms with Crippen molar-refractivity contribution < 1.29 is 0 Å². The summed E-state index contributed by atoms with van der Waals surface area (Å²) in [4.78, 5) is 0. The molecule has 3 rings (SSSR count). The monoisotopic (exact) mass is 307 g/mol. The molecule has 0 saturated heterocycles. The van der Waals surface area contributed by atoms with E-state index >= 15 is 0 Å². The minimum atomic E-state index is -0.419. The molecule has 118 valence electrons. The number of hydrogen-bond acceptors (Lipinski definition) is 4. The average Bonchev–Trinajstić information content (AvgIpc) is 3.00. The van der Waals surface area contributed by atoms with Crippen LogP contribution in [0.2, 0.25) is 0 Å². The molecule has 23 heavy (non-hydrogen) atoms. The van der Waals surface area contributed by atoms with Crippen LogP contribution in [-0.2, 0) is 5.54 Å². The summed E-state index contributed by atoms with van der Waals surface area (Å²) in [7, 11) is 0. The minimum Gasteiger partial charge on any atom is -0.373 e. The van der Waals surface area contributed by atoms with Crippen LogP contribution < -0.4 is 5.32 Å². The topological polar surface area (TPSA) is 55.6 Å². The zero-order valence-electron chi connectivity index (χ0n) is 13.9. The van der Waals surface area contributed by atoms with Crippen molar-refractivity contribution in [2.24, 2.45) is 0 Å². The van der Waals surface area contributed by atoms with Gasteiger partial charge in [-0.25, -0.2) is 0 Å². The summed E-state index contributed by atoms with van der Waals surface area (Å²) in [5.41, 5.74) is 3.98. The molecule has 2 aromatic carbocycles. The lowest BCUT2D eigenvalue weighted by molar-refractivity contribution is 0.541. The predicted molar refractivity (Wildman–Crippen MR) is 91.7 cm³/mol.